The molecular weight excluding hydrogens is 296 g/mol. The van der Waals surface area contributed by atoms with Crippen LogP contribution in [0.25, 0.3) is 0 Å². The van der Waals surface area contributed by atoms with Crippen LogP contribution in [0.3, 0.4) is 0 Å². The molecule has 2 rings (SSSR count). The van der Waals surface area contributed by atoms with Crippen molar-refractivity contribution in [3.05, 3.63) is 29.6 Å². The molecule has 7 nitrogen and oxygen atoms in total. The van der Waals surface area contributed by atoms with Gasteiger partial charge in [-0.05, 0) is 25.5 Å². The Morgan fingerprint density at radius 3 is 2.71 bits per heavy atom. The van der Waals surface area contributed by atoms with E-state index < -0.39 is 27.8 Å². The van der Waals surface area contributed by atoms with Crippen molar-refractivity contribution >= 4 is 21.7 Å². The fourth-order valence-electron chi connectivity index (χ4n) is 2.47. The average molecular weight is 312 g/mol. The van der Waals surface area contributed by atoms with E-state index in [1.165, 1.54) is 23.2 Å². The van der Waals surface area contributed by atoms with Gasteiger partial charge in [-0.1, -0.05) is 0 Å². The summed E-state index contributed by atoms with van der Waals surface area (Å²) < 4.78 is 23.1. The number of hydrogen-bond donors (Lipinski definition) is 1. The lowest BCUT2D eigenvalue weighted by Gasteiger charge is -2.26. The van der Waals surface area contributed by atoms with Gasteiger partial charge < -0.3 is 10.0 Å². The van der Waals surface area contributed by atoms with E-state index in [0.29, 0.717) is 13.0 Å². The molecule has 0 bridgehead atoms. The molecule has 1 aromatic rings. The molecule has 2 heterocycles. The van der Waals surface area contributed by atoms with Crippen molar-refractivity contribution in [2.24, 2.45) is 0 Å². The number of carboxylic acid groups (broad SMARTS) is 1. The lowest BCUT2D eigenvalue weighted by Crippen LogP contribution is -2.41. The second kappa shape index (κ2) is 5.80. The number of amides is 1. The molecule has 0 spiro atoms. The van der Waals surface area contributed by atoms with Gasteiger partial charge in [0.2, 0.25) is 0 Å². The normalized spacial score (nSPS) is 20.1. The Balaban J connectivity index is 2.32. The number of nitrogens with zero attached hydrogens (tertiary/aromatic N) is 2. The number of pyridine rings is 1. The topological polar surface area (TPSA) is 105 Å². The van der Waals surface area contributed by atoms with Gasteiger partial charge in [-0.15, -0.1) is 0 Å². The highest BCUT2D eigenvalue weighted by Crippen LogP contribution is 2.20. The van der Waals surface area contributed by atoms with E-state index in [9.17, 15) is 18.0 Å². The minimum Gasteiger partial charge on any atom is -0.478 e. The van der Waals surface area contributed by atoms with E-state index in [1.807, 2.05) is 0 Å². The average Bonchev–Trinajstić information content (AvgIpc) is 2.79. The summed E-state index contributed by atoms with van der Waals surface area (Å²) in [5.41, 5.74) is -0.335. The highest BCUT2D eigenvalue weighted by atomic mass is 32.2. The van der Waals surface area contributed by atoms with Crippen LogP contribution in [0.1, 0.15) is 34.2 Å². The molecule has 1 saturated heterocycles. The van der Waals surface area contributed by atoms with Gasteiger partial charge in [-0.25, -0.2) is 13.2 Å². The van der Waals surface area contributed by atoms with Crippen molar-refractivity contribution in [3.8, 4) is 0 Å². The van der Waals surface area contributed by atoms with Gasteiger partial charge in [0, 0.05) is 18.8 Å². The maximum absolute atomic E-state index is 12.5. The highest BCUT2D eigenvalue weighted by molar-refractivity contribution is 7.91. The summed E-state index contributed by atoms with van der Waals surface area (Å²) in [5, 5.41) is 9.11. The maximum Gasteiger partial charge on any atom is 0.338 e. The predicted molar refractivity (Wildman–Crippen MR) is 75.0 cm³/mol. The zero-order valence-electron chi connectivity index (χ0n) is 11.5. The Hall–Kier alpha value is -1.96. The smallest absolute Gasteiger partial charge is 0.338 e. The Kier molecular flexibility index (Phi) is 4.26. The Bertz CT molecular complexity index is 671. The number of aromatic carboxylic acids is 1. The first kappa shape index (κ1) is 15.4. The van der Waals surface area contributed by atoms with Gasteiger partial charge in [0.1, 0.15) is 5.69 Å². The molecule has 1 atom stereocenters. The third kappa shape index (κ3) is 3.21. The van der Waals surface area contributed by atoms with Crippen LogP contribution >= 0.6 is 0 Å². The van der Waals surface area contributed by atoms with Crippen molar-refractivity contribution in [2.75, 3.05) is 18.1 Å². The minimum absolute atomic E-state index is 0.0510. The summed E-state index contributed by atoms with van der Waals surface area (Å²) in [6, 6.07) is 2.33. The quantitative estimate of drug-likeness (QED) is 0.864. The Morgan fingerprint density at radius 2 is 2.19 bits per heavy atom. The predicted octanol–water partition coefficient (Wildman–Crippen LogP) is 0.429. The molecule has 114 valence electrons. The Labute approximate surface area is 122 Å². The van der Waals surface area contributed by atoms with E-state index in [2.05, 4.69) is 4.98 Å². The van der Waals surface area contributed by atoms with Crippen LogP contribution in [0, 0.1) is 0 Å². The molecule has 0 aliphatic carbocycles. The van der Waals surface area contributed by atoms with Crippen LogP contribution < -0.4 is 0 Å². The van der Waals surface area contributed by atoms with Gasteiger partial charge in [-0.2, -0.15) is 0 Å². The van der Waals surface area contributed by atoms with Gasteiger partial charge >= 0.3 is 5.97 Å². The van der Waals surface area contributed by atoms with Crippen molar-refractivity contribution < 1.29 is 23.1 Å². The first-order chi connectivity index (χ1) is 9.85. The van der Waals surface area contributed by atoms with Crippen molar-refractivity contribution in [1.29, 1.82) is 0 Å². The molecule has 1 unspecified atom stereocenters. The van der Waals surface area contributed by atoms with E-state index in [4.69, 9.17) is 5.11 Å². The highest BCUT2D eigenvalue weighted by Gasteiger charge is 2.35. The SMILES string of the molecule is CCN(C(=O)c1ncccc1C(=O)O)C1CCS(=O)(=O)C1. The molecule has 0 radical (unpaired) electrons. The summed E-state index contributed by atoms with van der Waals surface area (Å²) in [5.74, 6) is -1.81. The number of sulfone groups is 1. The number of rotatable bonds is 4. The monoisotopic (exact) mass is 312 g/mol. The van der Waals surface area contributed by atoms with E-state index in [-0.39, 0.29) is 22.8 Å². The second-order valence-electron chi connectivity index (χ2n) is 4.85. The molecule has 8 heteroatoms. The number of carbonyl (C=O) groups excluding carboxylic acids is 1. The number of aromatic nitrogens is 1. The largest absolute Gasteiger partial charge is 0.478 e. The lowest BCUT2D eigenvalue weighted by atomic mass is 10.1. The van der Waals surface area contributed by atoms with Crippen LogP contribution in [-0.4, -0.2) is 59.4 Å². The third-order valence-electron chi connectivity index (χ3n) is 3.49. The van der Waals surface area contributed by atoms with Crippen molar-refractivity contribution in [2.45, 2.75) is 19.4 Å². The third-order valence-corrected chi connectivity index (χ3v) is 5.24. The molecule has 1 fully saturated rings. The lowest BCUT2D eigenvalue weighted by molar-refractivity contribution is 0.0654. The molecule has 21 heavy (non-hydrogen) atoms. The molecule has 1 amide bonds. The zero-order chi connectivity index (χ0) is 15.6. The fourth-order valence-corrected chi connectivity index (χ4v) is 4.20. The van der Waals surface area contributed by atoms with Crippen LogP contribution in [0.2, 0.25) is 0 Å². The standard InChI is InChI=1S/C13H16N2O5S/c1-2-15(9-5-7-21(19,20)8-9)12(16)11-10(13(17)18)4-3-6-14-11/h3-4,6,9H,2,5,7-8H2,1H3,(H,17,18). The summed E-state index contributed by atoms with van der Waals surface area (Å²) in [6.45, 7) is 2.03. The maximum atomic E-state index is 12.5. The second-order valence-corrected chi connectivity index (χ2v) is 7.08. The first-order valence-corrected chi connectivity index (χ1v) is 8.37. The van der Waals surface area contributed by atoms with Gasteiger partial charge in [0.25, 0.3) is 5.91 Å². The summed E-state index contributed by atoms with van der Waals surface area (Å²) in [4.78, 5) is 28.9. The van der Waals surface area contributed by atoms with Crippen LogP contribution in [0.5, 0.6) is 0 Å². The van der Waals surface area contributed by atoms with E-state index in [1.54, 1.807) is 6.92 Å². The molecule has 1 aliphatic heterocycles. The number of carboxylic acids is 1. The van der Waals surface area contributed by atoms with Crippen molar-refractivity contribution in [1.82, 2.24) is 9.88 Å². The van der Waals surface area contributed by atoms with Gasteiger partial charge in [-0.3, -0.25) is 9.78 Å². The molecule has 0 saturated carbocycles. The fraction of sp³-hybridized carbons (Fsp3) is 0.462. The van der Waals surface area contributed by atoms with Crippen LogP contribution in [0.15, 0.2) is 18.3 Å². The summed E-state index contributed by atoms with van der Waals surface area (Å²) in [6.07, 6.45) is 1.72. The first-order valence-electron chi connectivity index (χ1n) is 6.55. The number of hydrogen-bond acceptors (Lipinski definition) is 5. The molecular formula is C13H16N2O5S. The van der Waals surface area contributed by atoms with Crippen LogP contribution in [-0.2, 0) is 9.84 Å². The van der Waals surface area contributed by atoms with Crippen molar-refractivity contribution in [3.63, 3.8) is 0 Å². The summed E-state index contributed by atoms with van der Waals surface area (Å²) in [7, 11) is -3.12. The minimum atomic E-state index is -3.12. The van der Waals surface area contributed by atoms with E-state index in [0.717, 1.165) is 0 Å². The summed E-state index contributed by atoms with van der Waals surface area (Å²) >= 11 is 0. The van der Waals surface area contributed by atoms with E-state index >= 15 is 0 Å². The molecule has 0 aromatic carbocycles. The van der Waals surface area contributed by atoms with Crippen LogP contribution in [0.4, 0.5) is 0 Å². The van der Waals surface area contributed by atoms with Gasteiger partial charge in [0.15, 0.2) is 9.84 Å². The zero-order valence-corrected chi connectivity index (χ0v) is 12.3. The molecule has 1 N–H and O–H groups in total. The van der Waals surface area contributed by atoms with Gasteiger partial charge in [0.05, 0.1) is 17.1 Å². The molecule has 1 aliphatic rings. The number of carbonyl (C=O) groups is 2. The Morgan fingerprint density at radius 1 is 1.48 bits per heavy atom. The molecule has 1 aromatic heterocycles.